The van der Waals surface area contributed by atoms with Gasteiger partial charge in [0.05, 0.1) is 10.4 Å². The number of fused-ring (bicyclic) bond motifs is 1. The van der Waals surface area contributed by atoms with E-state index in [9.17, 15) is 10.1 Å². The summed E-state index contributed by atoms with van der Waals surface area (Å²) >= 11 is 0. The van der Waals surface area contributed by atoms with Crippen molar-refractivity contribution in [1.82, 2.24) is 9.97 Å². The van der Waals surface area contributed by atoms with Gasteiger partial charge in [-0.3, -0.25) is 10.1 Å². The SMILES string of the molecule is Nc1ccc(-c2nc3c([N+](=O)[O-])cccc3[nH]2)cc1. The molecule has 0 atom stereocenters. The van der Waals surface area contributed by atoms with Gasteiger partial charge in [0.1, 0.15) is 5.82 Å². The number of hydrogen-bond acceptors (Lipinski definition) is 4. The zero-order valence-electron chi connectivity index (χ0n) is 9.83. The minimum Gasteiger partial charge on any atom is -0.399 e. The molecule has 2 aromatic carbocycles. The smallest absolute Gasteiger partial charge is 0.297 e. The molecule has 0 fully saturated rings. The van der Waals surface area contributed by atoms with Crippen molar-refractivity contribution in [2.24, 2.45) is 0 Å². The Morgan fingerprint density at radius 3 is 2.58 bits per heavy atom. The van der Waals surface area contributed by atoms with E-state index in [-0.39, 0.29) is 5.69 Å². The van der Waals surface area contributed by atoms with Gasteiger partial charge in [-0.05, 0) is 30.3 Å². The Balaban J connectivity index is 2.19. The summed E-state index contributed by atoms with van der Waals surface area (Å²) in [5.74, 6) is 0.587. The number of nitro benzene ring substituents is 1. The number of anilines is 1. The van der Waals surface area contributed by atoms with Gasteiger partial charge in [-0.15, -0.1) is 0 Å². The van der Waals surface area contributed by atoms with Crippen LogP contribution in [0.1, 0.15) is 0 Å². The van der Waals surface area contributed by atoms with Crippen LogP contribution in [0.2, 0.25) is 0 Å². The van der Waals surface area contributed by atoms with E-state index in [0.717, 1.165) is 5.56 Å². The van der Waals surface area contributed by atoms with Crippen LogP contribution in [0.3, 0.4) is 0 Å². The first-order valence-corrected chi connectivity index (χ1v) is 5.64. The van der Waals surface area contributed by atoms with Crippen molar-refractivity contribution in [3.05, 3.63) is 52.6 Å². The largest absolute Gasteiger partial charge is 0.399 e. The second-order valence-electron chi connectivity index (χ2n) is 4.14. The summed E-state index contributed by atoms with van der Waals surface area (Å²) in [6.07, 6.45) is 0. The Hall–Kier alpha value is -2.89. The molecule has 0 unspecified atom stereocenters. The van der Waals surface area contributed by atoms with E-state index >= 15 is 0 Å². The number of benzene rings is 2. The van der Waals surface area contributed by atoms with E-state index < -0.39 is 4.92 Å². The van der Waals surface area contributed by atoms with Crippen molar-refractivity contribution >= 4 is 22.4 Å². The van der Waals surface area contributed by atoms with Crippen LogP contribution in [-0.2, 0) is 0 Å². The highest BCUT2D eigenvalue weighted by Crippen LogP contribution is 2.27. The number of nitrogens with two attached hydrogens (primary N) is 1. The van der Waals surface area contributed by atoms with Crippen LogP contribution in [-0.4, -0.2) is 14.9 Å². The van der Waals surface area contributed by atoms with Crippen molar-refractivity contribution < 1.29 is 4.92 Å². The normalized spacial score (nSPS) is 10.7. The van der Waals surface area contributed by atoms with Gasteiger partial charge in [-0.25, -0.2) is 4.98 Å². The third-order valence-electron chi connectivity index (χ3n) is 2.87. The first-order valence-electron chi connectivity index (χ1n) is 5.64. The number of non-ortho nitro benzene ring substituents is 1. The Morgan fingerprint density at radius 1 is 1.16 bits per heavy atom. The lowest BCUT2D eigenvalue weighted by Crippen LogP contribution is -1.88. The molecule has 0 radical (unpaired) electrons. The first-order chi connectivity index (χ1) is 9.15. The number of aromatic nitrogens is 2. The first kappa shape index (κ1) is 11.2. The average molecular weight is 254 g/mol. The van der Waals surface area contributed by atoms with Gasteiger partial charge in [0.2, 0.25) is 0 Å². The molecule has 0 amide bonds. The van der Waals surface area contributed by atoms with Gasteiger partial charge in [0.25, 0.3) is 5.69 Å². The molecule has 3 N–H and O–H groups in total. The molecular weight excluding hydrogens is 244 g/mol. The number of nitrogens with one attached hydrogen (secondary N) is 1. The quantitative estimate of drug-likeness (QED) is 0.417. The lowest BCUT2D eigenvalue weighted by Gasteiger charge is -1.96. The Bertz CT molecular complexity index is 762. The number of hydrogen-bond donors (Lipinski definition) is 2. The standard InChI is InChI=1S/C13H10N4O2/c14-9-6-4-8(5-7-9)13-15-10-2-1-3-11(17(18)19)12(10)16-13/h1-7H,14H2,(H,15,16). The fourth-order valence-corrected chi connectivity index (χ4v) is 1.94. The third-order valence-corrected chi connectivity index (χ3v) is 2.87. The van der Waals surface area contributed by atoms with Crippen LogP contribution in [0.25, 0.3) is 22.4 Å². The summed E-state index contributed by atoms with van der Waals surface area (Å²) in [4.78, 5) is 17.9. The third kappa shape index (κ3) is 1.89. The molecule has 0 aliphatic heterocycles. The fourth-order valence-electron chi connectivity index (χ4n) is 1.94. The van der Waals surface area contributed by atoms with Crippen LogP contribution < -0.4 is 5.73 Å². The fraction of sp³-hybridized carbons (Fsp3) is 0. The Labute approximate surface area is 108 Å². The maximum absolute atomic E-state index is 10.9. The molecule has 0 saturated carbocycles. The molecule has 3 aromatic rings. The van der Waals surface area contributed by atoms with Gasteiger partial charge in [0, 0.05) is 17.3 Å². The van der Waals surface area contributed by atoms with Crippen molar-refractivity contribution in [1.29, 1.82) is 0 Å². The highest BCUT2D eigenvalue weighted by atomic mass is 16.6. The van der Waals surface area contributed by atoms with Crippen molar-refractivity contribution in [2.75, 3.05) is 5.73 Å². The Kier molecular flexibility index (Phi) is 2.42. The van der Waals surface area contributed by atoms with Crippen LogP contribution in [0.4, 0.5) is 11.4 Å². The molecule has 94 valence electrons. The van der Waals surface area contributed by atoms with Crippen LogP contribution >= 0.6 is 0 Å². The number of nitrogen functional groups attached to an aromatic ring is 1. The number of aromatic amines is 1. The molecule has 3 rings (SSSR count). The summed E-state index contributed by atoms with van der Waals surface area (Å²) in [5, 5.41) is 10.9. The highest BCUT2D eigenvalue weighted by molar-refractivity contribution is 5.87. The predicted octanol–water partition coefficient (Wildman–Crippen LogP) is 2.72. The number of para-hydroxylation sites is 1. The lowest BCUT2D eigenvalue weighted by molar-refractivity contribution is -0.383. The van der Waals surface area contributed by atoms with Crippen molar-refractivity contribution in [3.63, 3.8) is 0 Å². The predicted molar refractivity (Wildman–Crippen MR) is 72.6 cm³/mol. The molecule has 1 heterocycles. The molecule has 19 heavy (non-hydrogen) atoms. The van der Waals surface area contributed by atoms with E-state index in [0.29, 0.717) is 22.5 Å². The maximum atomic E-state index is 10.9. The topological polar surface area (TPSA) is 97.8 Å². The number of H-pyrrole nitrogens is 1. The number of rotatable bonds is 2. The zero-order chi connectivity index (χ0) is 13.4. The van der Waals surface area contributed by atoms with Crippen LogP contribution in [0.15, 0.2) is 42.5 Å². The van der Waals surface area contributed by atoms with Crippen molar-refractivity contribution in [2.45, 2.75) is 0 Å². The second-order valence-corrected chi connectivity index (χ2v) is 4.14. The minimum atomic E-state index is -0.435. The average Bonchev–Trinajstić information content (AvgIpc) is 2.82. The molecule has 0 aliphatic rings. The van der Waals surface area contributed by atoms with Gasteiger partial charge in [-0.2, -0.15) is 0 Å². The molecule has 0 spiro atoms. The molecule has 0 bridgehead atoms. The molecule has 0 saturated heterocycles. The summed E-state index contributed by atoms with van der Waals surface area (Å²) < 4.78 is 0. The van der Waals surface area contributed by atoms with E-state index in [2.05, 4.69) is 9.97 Å². The highest BCUT2D eigenvalue weighted by Gasteiger charge is 2.15. The van der Waals surface area contributed by atoms with E-state index in [1.54, 1.807) is 24.3 Å². The molecular formula is C13H10N4O2. The van der Waals surface area contributed by atoms with Gasteiger partial charge in [-0.1, -0.05) is 6.07 Å². The zero-order valence-corrected chi connectivity index (χ0v) is 9.83. The number of nitro groups is 1. The van der Waals surface area contributed by atoms with E-state index in [1.165, 1.54) is 6.07 Å². The van der Waals surface area contributed by atoms with Crippen LogP contribution in [0.5, 0.6) is 0 Å². The van der Waals surface area contributed by atoms with E-state index in [4.69, 9.17) is 5.73 Å². The molecule has 6 heteroatoms. The summed E-state index contributed by atoms with van der Waals surface area (Å²) in [5.41, 5.74) is 8.11. The second kappa shape index (κ2) is 4.09. The minimum absolute atomic E-state index is 0.00422. The van der Waals surface area contributed by atoms with Gasteiger partial charge >= 0.3 is 0 Å². The van der Waals surface area contributed by atoms with Crippen molar-refractivity contribution in [3.8, 4) is 11.4 Å². The lowest BCUT2D eigenvalue weighted by atomic mass is 10.2. The summed E-state index contributed by atoms with van der Waals surface area (Å²) in [7, 11) is 0. The van der Waals surface area contributed by atoms with Crippen LogP contribution in [0, 0.1) is 10.1 Å². The number of nitrogens with zero attached hydrogens (tertiary/aromatic N) is 2. The Morgan fingerprint density at radius 2 is 1.89 bits per heavy atom. The monoisotopic (exact) mass is 254 g/mol. The summed E-state index contributed by atoms with van der Waals surface area (Å²) in [6, 6.07) is 12.0. The summed E-state index contributed by atoms with van der Waals surface area (Å²) in [6.45, 7) is 0. The van der Waals surface area contributed by atoms with Gasteiger partial charge < -0.3 is 10.7 Å². The van der Waals surface area contributed by atoms with E-state index in [1.807, 2.05) is 12.1 Å². The maximum Gasteiger partial charge on any atom is 0.297 e. The molecule has 0 aliphatic carbocycles. The number of imidazole rings is 1. The van der Waals surface area contributed by atoms with Gasteiger partial charge in [0.15, 0.2) is 5.52 Å². The molecule has 1 aromatic heterocycles. The molecule has 6 nitrogen and oxygen atoms in total.